The lowest BCUT2D eigenvalue weighted by molar-refractivity contribution is -0.112. The van der Waals surface area contributed by atoms with E-state index >= 15 is 0 Å². The highest BCUT2D eigenvalue weighted by atomic mass is 16.3. The fraction of sp³-hybridized carbons (Fsp3) is 0.356. The molecule has 0 aliphatic carbocycles. The molecule has 119 heavy (non-hydrogen) atoms. The molecule has 5 aromatic carbocycles. The van der Waals surface area contributed by atoms with Gasteiger partial charge in [-0.1, -0.05) is 37.4 Å². The number of carbonyl (C=O) groups is 5. The van der Waals surface area contributed by atoms with Crippen LogP contribution in [0.2, 0.25) is 0 Å². The van der Waals surface area contributed by atoms with Crippen molar-refractivity contribution in [2.75, 3.05) is 117 Å². The van der Waals surface area contributed by atoms with Crippen molar-refractivity contribution >= 4 is 144 Å². The molecule has 0 radical (unpaired) electrons. The number of fused-ring (bicyclic) bond motifs is 3. The number of nitrogens with two attached hydrogens (primary N) is 1. The molecule has 0 saturated carbocycles. The molecule has 3 atom stereocenters. The van der Waals surface area contributed by atoms with E-state index in [2.05, 4.69) is 127 Å². The highest BCUT2D eigenvalue weighted by Crippen LogP contribution is 2.36. The van der Waals surface area contributed by atoms with E-state index in [4.69, 9.17) is 35.6 Å². The van der Waals surface area contributed by atoms with Crippen molar-refractivity contribution in [1.29, 1.82) is 0 Å². The van der Waals surface area contributed by atoms with Gasteiger partial charge in [-0.2, -0.15) is 29.9 Å². The number of nitrogens with zero attached hydrogens (tertiary/aromatic N) is 16. The van der Waals surface area contributed by atoms with Crippen LogP contribution in [0.25, 0.3) is 33.5 Å². The highest BCUT2D eigenvalue weighted by Gasteiger charge is 2.30. The zero-order valence-electron chi connectivity index (χ0n) is 68.7. The number of benzene rings is 5. The van der Waals surface area contributed by atoms with Crippen LogP contribution in [0.5, 0.6) is 0 Å². The Morgan fingerprint density at radius 1 is 0.471 bits per heavy atom. The number of aliphatic hydroxyl groups is 2. The van der Waals surface area contributed by atoms with Crippen molar-refractivity contribution in [3.63, 3.8) is 0 Å². The summed E-state index contributed by atoms with van der Waals surface area (Å²) in [4.78, 5) is 113. The first kappa shape index (κ1) is 85.3. The fourth-order valence-corrected chi connectivity index (χ4v) is 14.3. The van der Waals surface area contributed by atoms with Crippen LogP contribution in [-0.4, -0.2) is 181 Å². The highest BCUT2D eigenvalue weighted by molar-refractivity contribution is 6.07. The summed E-state index contributed by atoms with van der Waals surface area (Å²) in [5.41, 5.74) is 16.7. The molecule has 3 saturated heterocycles. The number of rotatable bonds is 28. The van der Waals surface area contributed by atoms with Crippen LogP contribution in [0.1, 0.15) is 145 Å². The number of anilines is 14. The summed E-state index contributed by atoms with van der Waals surface area (Å²) in [6.45, 7) is 23.6. The van der Waals surface area contributed by atoms with Crippen molar-refractivity contribution in [2.45, 2.75) is 142 Å². The molecule has 3 unspecified atom stereocenters. The summed E-state index contributed by atoms with van der Waals surface area (Å²) in [6, 6.07) is 36.6. The second-order valence-corrected chi connectivity index (χ2v) is 30.6. The van der Waals surface area contributed by atoms with E-state index < -0.39 is 0 Å². The minimum atomic E-state index is -0.318. The summed E-state index contributed by atoms with van der Waals surface area (Å²) >= 11 is 0. The van der Waals surface area contributed by atoms with Crippen LogP contribution in [0.15, 0.2) is 178 Å². The third-order valence-corrected chi connectivity index (χ3v) is 20.4. The van der Waals surface area contributed by atoms with Gasteiger partial charge in [-0.15, -0.1) is 0 Å². The lowest BCUT2D eigenvalue weighted by atomic mass is 10.0. The van der Waals surface area contributed by atoms with Crippen molar-refractivity contribution in [3.05, 3.63) is 189 Å². The smallest absolute Gasteiger partial charge is 0.255 e. The molecule has 11 aromatic rings. The molecule has 9 heterocycles. The average molecular weight is 1610 g/mol. The molecule has 0 spiro atoms. The first-order valence-corrected chi connectivity index (χ1v) is 40.4. The van der Waals surface area contributed by atoms with Crippen molar-refractivity contribution in [3.8, 4) is 0 Å². The molecule has 32 nitrogen and oxygen atoms in total. The zero-order valence-corrected chi connectivity index (χ0v) is 68.7. The van der Waals surface area contributed by atoms with Gasteiger partial charge in [0, 0.05) is 145 Å². The largest absolute Gasteiger partial charge is 0.396 e. The predicted molar refractivity (Wildman–Crippen MR) is 472 cm³/mol. The Hall–Kier alpha value is -13.0. The van der Waals surface area contributed by atoms with Crippen molar-refractivity contribution in [2.24, 2.45) is 5.73 Å². The Balaban J connectivity index is 0.000000166. The summed E-state index contributed by atoms with van der Waals surface area (Å²) in [5, 5.41) is 43.5. The summed E-state index contributed by atoms with van der Waals surface area (Å²) in [5.74, 6) is 2.27. The average Bonchev–Trinajstić information content (AvgIpc) is 1.67. The van der Waals surface area contributed by atoms with Gasteiger partial charge in [-0.05, 0) is 235 Å². The number of aromatic nitrogens is 12. The number of likely N-dealkylation sites (N-methyl/N-ethyl adjacent to an activating group) is 1. The zero-order chi connectivity index (χ0) is 84.2. The Morgan fingerprint density at radius 2 is 0.849 bits per heavy atom. The van der Waals surface area contributed by atoms with Crippen LogP contribution >= 0.6 is 0 Å². The number of amides is 5. The Kier molecular flexibility index (Phi) is 28.8. The number of imidazole rings is 3. The third kappa shape index (κ3) is 22.2. The monoisotopic (exact) mass is 1610 g/mol. The molecule has 32 heteroatoms. The standard InChI is InChI=1S/C32H40N10O2.C31H36N8O3.C24H31N7O2/c1-21(2)42-20-34-28-29(38-32(39-30(28)42)41-17-6-8-23(33)19-41)36-25-9-5-10-26(18-25)37-31(44)22-12-14-24(15-13-22)35-27(43)11-7-16-40(3)4;1-4-26(41)33-22-13-11-21(12-14-22)30(42)35-24-9-7-8-23(18-24)34-28-27-29(39(19-32-27)20(2)3)37-31(36-28)38-16-6-5-10-25(38)15-17-40;1-4-20(33)26-17-8-7-9-18(14-17)27-22-21-23(31(15-25-21)16(2)3)29-24(28-22)30-12-6-5-10-19(30)11-13-32/h5,7,9-15,18,20-21,23H,6,8,16-17,19,33H2,1-4H3,(H,35,43)(H,37,44)(H,36,38,39);4,7-9,11-14,18-20,25,40H,1,5-6,10,15-17H2,2-3H3,(H,33,41)(H,35,42)(H,34,36,37);4,7-9,14-16,19,32H,1,5-6,10-13H2,2-3H3,(H,26,33)(H,27,28,29)/b11-7+;;. The van der Waals surface area contributed by atoms with E-state index in [9.17, 15) is 34.2 Å². The SMILES string of the molecule is C=CC(=O)Nc1ccc(C(=O)Nc2cccc(Nc3nc(N4CCCCC4CCO)nc4c3ncn4C(C)C)c2)cc1.C=CC(=O)Nc1cccc(Nc2nc(N3CCCCC3CCO)nc3c2ncn3C(C)C)c1.CC(C)n1cnc2c(Nc3cccc(NC(=O)c4ccc(NC(=O)/C=C/CN(C)C)cc4)c3)nc(N3CCCC(N)C3)nc21. The summed E-state index contributed by atoms with van der Waals surface area (Å²) in [6.07, 6.45) is 20.8. The normalized spacial score (nSPS) is 15.5. The number of hydrogen-bond donors (Lipinski definition) is 11. The Bertz CT molecular complexity index is 5400. The quantitative estimate of drug-likeness (QED) is 0.0203. The summed E-state index contributed by atoms with van der Waals surface area (Å²) in [7, 11) is 3.86. The van der Waals surface area contributed by atoms with E-state index in [0.29, 0.717) is 117 Å². The van der Waals surface area contributed by atoms with Gasteiger partial charge in [0.15, 0.2) is 50.9 Å². The predicted octanol–water partition coefficient (Wildman–Crippen LogP) is 13.7. The second kappa shape index (κ2) is 40.2. The Labute approximate surface area is 692 Å². The van der Waals surface area contributed by atoms with Crippen LogP contribution in [-0.2, 0) is 14.4 Å². The van der Waals surface area contributed by atoms with Crippen LogP contribution in [0.3, 0.4) is 0 Å². The van der Waals surface area contributed by atoms with Crippen LogP contribution < -0.4 is 63.0 Å². The number of hydrogen-bond acceptors (Lipinski definition) is 24. The number of aliphatic hydroxyl groups excluding tert-OH is 2. The van der Waals surface area contributed by atoms with Gasteiger partial charge in [0.25, 0.3) is 11.8 Å². The lowest BCUT2D eigenvalue weighted by Crippen LogP contribution is -2.43. The molecule has 6 aromatic heterocycles. The van der Waals surface area contributed by atoms with E-state index in [0.717, 1.165) is 105 Å². The molecule has 622 valence electrons. The minimum Gasteiger partial charge on any atom is -0.396 e. The first-order valence-electron chi connectivity index (χ1n) is 40.4. The van der Waals surface area contributed by atoms with E-state index in [1.54, 1.807) is 73.6 Å². The minimum absolute atomic E-state index is 0.0833. The number of carbonyl (C=O) groups excluding carboxylic acids is 5. The molecular weight excluding hydrogens is 1510 g/mol. The van der Waals surface area contributed by atoms with Gasteiger partial charge in [-0.3, -0.25) is 24.0 Å². The summed E-state index contributed by atoms with van der Waals surface area (Å²) < 4.78 is 6.10. The van der Waals surface area contributed by atoms with Gasteiger partial charge in [0.05, 0.1) is 19.0 Å². The molecule has 3 aliphatic heterocycles. The number of nitrogens with one attached hydrogen (secondary N) is 8. The Morgan fingerprint density at radius 3 is 1.24 bits per heavy atom. The number of piperidine rings is 3. The van der Waals surface area contributed by atoms with Crippen molar-refractivity contribution in [1.82, 2.24) is 63.5 Å². The molecule has 0 bridgehead atoms. The van der Waals surface area contributed by atoms with Gasteiger partial charge in [0.2, 0.25) is 35.6 Å². The maximum Gasteiger partial charge on any atom is 0.255 e. The van der Waals surface area contributed by atoms with E-state index in [-0.39, 0.29) is 79.0 Å². The van der Waals surface area contributed by atoms with E-state index in [1.165, 1.54) is 18.2 Å². The van der Waals surface area contributed by atoms with Gasteiger partial charge in [-0.25, -0.2) is 15.0 Å². The first-order chi connectivity index (χ1) is 57.5. The molecule has 12 N–H and O–H groups in total. The molecule has 3 aliphatic rings. The third-order valence-electron chi connectivity index (χ3n) is 20.4. The maximum absolute atomic E-state index is 13.0. The van der Waals surface area contributed by atoms with E-state index in [1.807, 2.05) is 105 Å². The van der Waals surface area contributed by atoms with Gasteiger partial charge >= 0.3 is 0 Å². The molecular formula is C87H107N25O7. The molecule has 5 amide bonds. The van der Waals surface area contributed by atoms with Crippen molar-refractivity contribution < 1.29 is 34.2 Å². The molecule has 14 rings (SSSR count). The van der Waals surface area contributed by atoms with Gasteiger partial charge < -0.3 is 91.8 Å². The van der Waals surface area contributed by atoms with Crippen LogP contribution in [0, 0.1) is 0 Å². The topological polar surface area (TPSA) is 392 Å². The van der Waals surface area contributed by atoms with Gasteiger partial charge in [0.1, 0.15) is 0 Å². The van der Waals surface area contributed by atoms with Crippen LogP contribution in [0.4, 0.5) is 80.8 Å². The second-order valence-electron chi connectivity index (χ2n) is 30.6. The fourth-order valence-electron chi connectivity index (χ4n) is 14.3. The maximum atomic E-state index is 13.0. The molecule has 3 fully saturated rings. The lowest BCUT2D eigenvalue weighted by Gasteiger charge is -2.35.